The van der Waals surface area contributed by atoms with Crippen LogP contribution in [0.2, 0.25) is 0 Å². The van der Waals surface area contributed by atoms with Crippen LogP contribution in [0.4, 0.5) is 11.5 Å². The number of anilines is 2. The number of nitrogens with zero attached hydrogens (tertiary/aromatic N) is 2. The molecule has 7 nitrogen and oxygen atoms in total. The van der Waals surface area contributed by atoms with Gasteiger partial charge in [0.05, 0.1) is 5.39 Å². The van der Waals surface area contributed by atoms with Crippen LogP contribution in [0.1, 0.15) is 20.8 Å². The van der Waals surface area contributed by atoms with Crippen molar-refractivity contribution in [3.63, 3.8) is 0 Å². The summed E-state index contributed by atoms with van der Waals surface area (Å²) < 4.78 is 16.3. The molecule has 8 heteroatoms. The number of nitrogens with one attached hydrogen (secondary N) is 1. The molecule has 30 heavy (non-hydrogen) atoms. The molecular formula is C22H17N3O4S. The van der Waals surface area contributed by atoms with E-state index in [-0.39, 0.29) is 19.4 Å². The van der Waals surface area contributed by atoms with Crippen LogP contribution < -0.4 is 14.8 Å². The van der Waals surface area contributed by atoms with Crippen LogP contribution >= 0.6 is 11.3 Å². The Kier molecular flexibility index (Phi) is 4.68. The fraction of sp³-hybridized carbons (Fsp3) is 0.136. The van der Waals surface area contributed by atoms with E-state index < -0.39 is 0 Å². The summed E-state index contributed by atoms with van der Waals surface area (Å²) in [5.74, 6) is 1.64. The molecule has 4 aromatic rings. The second kappa shape index (κ2) is 7.64. The second-order valence-corrected chi connectivity index (χ2v) is 7.71. The van der Waals surface area contributed by atoms with Gasteiger partial charge in [0.2, 0.25) is 6.79 Å². The van der Waals surface area contributed by atoms with Crippen molar-refractivity contribution in [3.8, 4) is 11.5 Å². The molecule has 0 radical (unpaired) electrons. The predicted octanol–water partition coefficient (Wildman–Crippen LogP) is 4.83. The molecule has 0 saturated heterocycles. The molecule has 0 unspecified atom stereocenters. The van der Waals surface area contributed by atoms with E-state index in [1.165, 1.54) is 17.7 Å². The fourth-order valence-corrected chi connectivity index (χ4v) is 4.30. The summed E-state index contributed by atoms with van der Waals surface area (Å²) in [5, 5.41) is 4.09. The van der Waals surface area contributed by atoms with Crippen molar-refractivity contribution in [1.82, 2.24) is 9.97 Å². The van der Waals surface area contributed by atoms with Gasteiger partial charge < -0.3 is 19.5 Å². The quantitative estimate of drug-likeness (QED) is 0.464. The summed E-state index contributed by atoms with van der Waals surface area (Å²) in [6.07, 6.45) is 1.48. The van der Waals surface area contributed by atoms with E-state index in [1.54, 1.807) is 0 Å². The Morgan fingerprint density at radius 3 is 2.83 bits per heavy atom. The van der Waals surface area contributed by atoms with Gasteiger partial charge in [-0.3, -0.25) is 0 Å². The third-order valence-corrected chi connectivity index (χ3v) is 5.94. The lowest BCUT2D eigenvalue weighted by Crippen LogP contribution is -2.04. The van der Waals surface area contributed by atoms with Crippen molar-refractivity contribution < 1.29 is 19.0 Å². The number of aryl methyl sites for hydroxylation is 1. The summed E-state index contributed by atoms with van der Waals surface area (Å²) in [6.45, 7) is 2.32. The first kappa shape index (κ1) is 18.4. The molecule has 0 bridgehead atoms. The van der Waals surface area contributed by atoms with Crippen molar-refractivity contribution in [2.45, 2.75) is 13.5 Å². The van der Waals surface area contributed by atoms with Crippen molar-refractivity contribution in [3.05, 3.63) is 70.9 Å². The zero-order valence-corrected chi connectivity index (χ0v) is 16.9. The number of aromatic nitrogens is 2. The Bertz CT molecular complexity index is 1240. The summed E-state index contributed by atoms with van der Waals surface area (Å²) in [4.78, 5) is 22.7. The molecule has 1 N–H and O–H groups in total. The second-order valence-electron chi connectivity index (χ2n) is 6.71. The van der Waals surface area contributed by atoms with Crippen LogP contribution in [0.5, 0.6) is 11.5 Å². The maximum Gasteiger partial charge on any atom is 0.349 e. The van der Waals surface area contributed by atoms with Crippen LogP contribution in [0.3, 0.4) is 0 Å². The summed E-state index contributed by atoms with van der Waals surface area (Å²) in [6, 6.07) is 15.2. The number of carbonyl (C=O) groups is 1. The summed E-state index contributed by atoms with van der Waals surface area (Å²) in [5.41, 5.74) is 2.53. The first-order valence-corrected chi connectivity index (χ1v) is 10.1. The van der Waals surface area contributed by atoms with Crippen LogP contribution in [0.15, 0.2) is 54.9 Å². The lowest BCUT2D eigenvalue weighted by molar-refractivity contribution is 0.0478. The molecule has 0 saturated carbocycles. The van der Waals surface area contributed by atoms with Gasteiger partial charge >= 0.3 is 5.97 Å². The maximum absolute atomic E-state index is 12.7. The number of rotatable bonds is 5. The van der Waals surface area contributed by atoms with E-state index in [0.717, 1.165) is 27.0 Å². The van der Waals surface area contributed by atoms with Gasteiger partial charge in [-0.2, -0.15) is 0 Å². The molecule has 0 amide bonds. The van der Waals surface area contributed by atoms with Crippen LogP contribution in [-0.4, -0.2) is 22.7 Å². The Labute approximate surface area is 176 Å². The van der Waals surface area contributed by atoms with Gasteiger partial charge in [-0.05, 0) is 30.2 Å². The molecule has 1 aliphatic rings. The normalized spacial score (nSPS) is 12.2. The first-order valence-electron chi connectivity index (χ1n) is 9.31. The van der Waals surface area contributed by atoms with Gasteiger partial charge in [0.1, 0.15) is 28.5 Å². The highest BCUT2D eigenvalue weighted by atomic mass is 32.1. The molecule has 0 spiro atoms. The van der Waals surface area contributed by atoms with E-state index in [1.807, 2.05) is 55.5 Å². The van der Waals surface area contributed by atoms with Gasteiger partial charge in [0.15, 0.2) is 11.5 Å². The molecule has 2 aromatic carbocycles. The van der Waals surface area contributed by atoms with Gasteiger partial charge in [-0.25, -0.2) is 14.8 Å². The van der Waals surface area contributed by atoms with Crippen molar-refractivity contribution >= 4 is 39.0 Å². The van der Waals surface area contributed by atoms with Gasteiger partial charge in [0, 0.05) is 11.8 Å². The van der Waals surface area contributed by atoms with E-state index in [4.69, 9.17) is 14.2 Å². The molecule has 5 rings (SSSR count). The average molecular weight is 419 g/mol. The van der Waals surface area contributed by atoms with E-state index in [9.17, 15) is 4.79 Å². The minimum Gasteiger partial charge on any atom is -0.457 e. The number of benzene rings is 2. The number of thiophene rings is 1. The average Bonchev–Trinajstić information content (AvgIpc) is 3.37. The lowest BCUT2D eigenvalue weighted by atomic mass is 10.2. The van der Waals surface area contributed by atoms with Crippen molar-refractivity contribution in [1.29, 1.82) is 0 Å². The zero-order valence-electron chi connectivity index (χ0n) is 16.0. The van der Waals surface area contributed by atoms with Gasteiger partial charge in [0.25, 0.3) is 0 Å². The number of carbonyl (C=O) groups excluding carboxylic acids is 1. The molecule has 0 atom stereocenters. The number of esters is 1. The summed E-state index contributed by atoms with van der Waals surface area (Å²) in [7, 11) is 0. The van der Waals surface area contributed by atoms with Crippen LogP contribution in [-0.2, 0) is 11.3 Å². The van der Waals surface area contributed by atoms with E-state index in [2.05, 4.69) is 15.3 Å². The highest BCUT2D eigenvalue weighted by molar-refractivity contribution is 7.20. The fourth-order valence-electron chi connectivity index (χ4n) is 3.26. The first-order chi connectivity index (χ1) is 14.7. The Hall–Kier alpha value is -3.65. The number of hydrogen-bond donors (Lipinski definition) is 1. The Morgan fingerprint density at radius 2 is 1.97 bits per heavy atom. The van der Waals surface area contributed by atoms with Gasteiger partial charge in [-0.15, -0.1) is 11.3 Å². The molecule has 3 heterocycles. The highest BCUT2D eigenvalue weighted by Gasteiger charge is 2.21. The molecule has 0 fully saturated rings. The minimum absolute atomic E-state index is 0.217. The molecule has 1 aliphatic heterocycles. The highest BCUT2D eigenvalue weighted by Crippen LogP contribution is 2.38. The molecular weight excluding hydrogens is 402 g/mol. The zero-order chi connectivity index (χ0) is 20.5. The monoisotopic (exact) mass is 419 g/mol. The number of hydrogen-bond acceptors (Lipinski definition) is 8. The smallest absolute Gasteiger partial charge is 0.349 e. The standard InChI is InChI=1S/C22H17N3O4S/c1-13-18-20(25-15-7-8-16-17(9-15)29-12-28-16)23-11-24-21(18)30-19(13)22(26)27-10-14-5-3-2-4-6-14/h2-9,11H,10,12H2,1H3,(H,23,24,25). The minimum atomic E-state index is -0.367. The Balaban J connectivity index is 1.42. The Morgan fingerprint density at radius 1 is 1.13 bits per heavy atom. The van der Waals surface area contributed by atoms with Crippen LogP contribution in [0.25, 0.3) is 10.2 Å². The van der Waals surface area contributed by atoms with Crippen molar-refractivity contribution in [2.24, 2.45) is 0 Å². The third kappa shape index (κ3) is 3.42. The van der Waals surface area contributed by atoms with Gasteiger partial charge in [-0.1, -0.05) is 30.3 Å². The molecule has 150 valence electrons. The number of fused-ring (bicyclic) bond motifs is 2. The SMILES string of the molecule is Cc1c(C(=O)OCc2ccccc2)sc2ncnc(Nc3ccc4c(c3)OCO4)c12. The van der Waals surface area contributed by atoms with E-state index in [0.29, 0.717) is 22.2 Å². The van der Waals surface area contributed by atoms with E-state index >= 15 is 0 Å². The van der Waals surface area contributed by atoms with Crippen LogP contribution in [0, 0.1) is 6.92 Å². The molecule has 0 aliphatic carbocycles. The molecule has 2 aromatic heterocycles. The largest absolute Gasteiger partial charge is 0.457 e. The summed E-state index contributed by atoms with van der Waals surface area (Å²) >= 11 is 1.30. The maximum atomic E-state index is 12.7. The lowest BCUT2D eigenvalue weighted by Gasteiger charge is -2.08. The van der Waals surface area contributed by atoms with Crippen molar-refractivity contribution in [2.75, 3.05) is 12.1 Å². The topological polar surface area (TPSA) is 82.6 Å². The third-order valence-electron chi connectivity index (χ3n) is 4.76. The number of ether oxygens (including phenoxy) is 3. The predicted molar refractivity (Wildman–Crippen MR) is 114 cm³/mol.